The Morgan fingerprint density at radius 1 is 1.26 bits per heavy atom. The molecule has 1 aromatic carbocycles. The lowest BCUT2D eigenvalue weighted by atomic mass is 9.93. The van der Waals surface area contributed by atoms with Gasteiger partial charge in [0.15, 0.2) is 0 Å². The first-order valence-corrected chi connectivity index (χ1v) is 7.11. The summed E-state index contributed by atoms with van der Waals surface area (Å²) in [5, 5.41) is 11.5. The molecule has 23 heavy (non-hydrogen) atoms. The minimum Gasteiger partial charge on any atom is -0.481 e. The van der Waals surface area contributed by atoms with Gasteiger partial charge in [-0.15, -0.1) is 0 Å². The molecular formula is C16H20F3NO3. The fourth-order valence-electron chi connectivity index (χ4n) is 1.88. The molecule has 1 aromatic rings. The molecule has 0 aliphatic carbocycles. The van der Waals surface area contributed by atoms with Crippen molar-refractivity contribution in [3.05, 3.63) is 35.4 Å². The van der Waals surface area contributed by atoms with Gasteiger partial charge in [-0.3, -0.25) is 9.59 Å². The quantitative estimate of drug-likeness (QED) is 0.839. The Labute approximate surface area is 132 Å². The zero-order valence-electron chi connectivity index (χ0n) is 13.2. The van der Waals surface area contributed by atoms with E-state index in [1.165, 1.54) is 26.0 Å². The van der Waals surface area contributed by atoms with Crippen LogP contribution in [0.5, 0.6) is 0 Å². The van der Waals surface area contributed by atoms with E-state index < -0.39 is 34.9 Å². The number of carboxylic acids is 1. The second-order valence-corrected chi connectivity index (χ2v) is 6.19. The van der Waals surface area contributed by atoms with Crippen molar-refractivity contribution in [1.29, 1.82) is 0 Å². The summed E-state index contributed by atoms with van der Waals surface area (Å²) < 4.78 is 38.1. The highest BCUT2D eigenvalue weighted by atomic mass is 19.4. The van der Waals surface area contributed by atoms with Crippen LogP contribution in [0.3, 0.4) is 0 Å². The Bertz CT molecular complexity index is 582. The zero-order chi connectivity index (χ0) is 17.8. The fraction of sp³-hybridized carbons (Fsp3) is 0.500. The summed E-state index contributed by atoms with van der Waals surface area (Å²) in [4.78, 5) is 22.8. The third-order valence-electron chi connectivity index (χ3n) is 3.58. The third kappa shape index (κ3) is 5.58. The minimum atomic E-state index is -4.43. The van der Waals surface area contributed by atoms with Gasteiger partial charge in [0, 0.05) is 13.0 Å². The molecule has 128 valence electrons. The van der Waals surface area contributed by atoms with Crippen LogP contribution in [-0.2, 0) is 15.8 Å². The van der Waals surface area contributed by atoms with Crippen molar-refractivity contribution in [1.82, 2.24) is 5.32 Å². The maximum absolute atomic E-state index is 12.7. The lowest BCUT2D eigenvalue weighted by molar-refractivity contribution is -0.146. The van der Waals surface area contributed by atoms with Gasteiger partial charge in [0.2, 0.25) is 5.91 Å². The Kier molecular flexibility index (Phi) is 5.80. The van der Waals surface area contributed by atoms with E-state index in [2.05, 4.69) is 5.32 Å². The van der Waals surface area contributed by atoms with E-state index in [1.54, 1.807) is 6.92 Å². The molecule has 4 nitrogen and oxygen atoms in total. The molecule has 1 atom stereocenters. The largest absolute Gasteiger partial charge is 0.481 e. The maximum Gasteiger partial charge on any atom is 0.416 e. The van der Waals surface area contributed by atoms with Gasteiger partial charge in [-0.2, -0.15) is 13.2 Å². The second-order valence-electron chi connectivity index (χ2n) is 6.19. The molecule has 1 amide bonds. The molecule has 1 unspecified atom stereocenters. The molecule has 0 bridgehead atoms. The molecule has 0 heterocycles. The topological polar surface area (TPSA) is 66.4 Å². The van der Waals surface area contributed by atoms with Crippen molar-refractivity contribution in [2.75, 3.05) is 6.54 Å². The number of rotatable bonds is 6. The Hall–Kier alpha value is -2.05. The maximum atomic E-state index is 12.7. The van der Waals surface area contributed by atoms with Crippen LogP contribution in [0.2, 0.25) is 0 Å². The van der Waals surface area contributed by atoms with Crippen molar-refractivity contribution < 1.29 is 27.9 Å². The van der Waals surface area contributed by atoms with Crippen LogP contribution in [0.25, 0.3) is 0 Å². The first kappa shape index (κ1) is 19.0. The van der Waals surface area contributed by atoms with Crippen LogP contribution in [0.1, 0.15) is 44.2 Å². The fourth-order valence-corrected chi connectivity index (χ4v) is 1.88. The minimum absolute atomic E-state index is 0.0169. The SMILES string of the molecule is CC(CC(=O)NCC(C)(C)C(=O)O)c1cccc(C(F)(F)F)c1. The van der Waals surface area contributed by atoms with E-state index in [0.29, 0.717) is 5.56 Å². The number of amides is 1. The standard InChI is InChI=1S/C16H20F3NO3/c1-10(7-13(21)20-9-15(2,3)14(22)23)11-5-4-6-12(8-11)16(17,18)19/h4-6,8,10H,7,9H2,1-3H3,(H,20,21)(H,22,23). The molecule has 0 radical (unpaired) electrons. The van der Waals surface area contributed by atoms with Gasteiger partial charge in [-0.1, -0.05) is 25.1 Å². The molecule has 0 aliphatic heterocycles. The van der Waals surface area contributed by atoms with Crippen LogP contribution in [0, 0.1) is 5.41 Å². The molecule has 0 aromatic heterocycles. The van der Waals surface area contributed by atoms with Crippen LogP contribution in [0.15, 0.2) is 24.3 Å². The van der Waals surface area contributed by atoms with Gasteiger partial charge >= 0.3 is 12.1 Å². The number of nitrogens with one attached hydrogen (secondary N) is 1. The molecule has 0 saturated heterocycles. The summed E-state index contributed by atoms with van der Waals surface area (Å²) in [6.45, 7) is 4.56. The molecule has 0 saturated carbocycles. The highest BCUT2D eigenvalue weighted by Crippen LogP contribution is 2.31. The van der Waals surface area contributed by atoms with Gasteiger partial charge in [0.1, 0.15) is 0 Å². The van der Waals surface area contributed by atoms with Gasteiger partial charge in [-0.25, -0.2) is 0 Å². The van der Waals surface area contributed by atoms with E-state index in [1.807, 2.05) is 0 Å². The summed E-state index contributed by atoms with van der Waals surface area (Å²) in [5.41, 5.74) is -1.45. The van der Waals surface area contributed by atoms with E-state index in [9.17, 15) is 22.8 Å². The number of aliphatic carboxylic acids is 1. The van der Waals surface area contributed by atoms with Gasteiger partial charge in [0.25, 0.3) is 0 Å². The monoisotopic (exact) mass is 331 g/mol. The van der Waals surface area contributed by atoms with E-state index >= 15 is 0 Å². The highest BCUT2D eigenvalue weighted by molar-refractivity contribution is 5.79. The molecule has 1 rings (SSSR count). The summed E-state index contributed by atoms with van der Waals surface area (Å²) in [6, 6.07) is 4.85. The molecule has 2 N–H and O–H groups in total. The molecular weight excluding hydrogens is 311 g/mol. The number of hydrogen-bond acceptors (Lipinski definition) is 2. The first-order valence-electron chi connectivity index (χ1n) is 7.11. The number of benzene rings is 1. The van der Waals surface area contributed by atoms with Crippen LogP contribution in [0.4, 0.5) is 13.2 Å². The first-order chi connectivity index (χ1) is 10.4. The lowest BCUT2D eigenvalue weighted by Gasteiger charge is -2.20. The van der Waals surface area contributed by atoms with Crippen molar-refractivity contribution in [2.24, 2.45) is 5.41 Å². The zero-order valence-corrected chi connectivity index (χ0v) is 13.2. The van der Waals surface area contributed by atoms with E-state index in [4.69, 9.17) is 5.11 Å². The van der Waals surface area contributed by atoms with Crippen LogP contribution < -0.4 is 5.32 Å². The number of carbonyl (C=O) groups is 2. The highest BCUT2D eigenvalue weighted by Gasteiger charge is 2.31. The van der Waals surface area contributed by atoms with Crippen molar-refractivity contribution in [3.63, 3.8) is 0 Å². The number of hydrogen-bond donors (Lipinski definition) is 2. The van der Waals surface area contributed by atoms with Crippen LogP contribution >= 0.6 is 0 Å². The normalized spacial score (nSPS) is 13.5. The molecule has 7 heteroatoms. The second kappa shape index (κ2) is 7.02. The number of alkyl halides is 3. The number of carboxylic acid groups (broad SMARTS) is 1. The van der Waals surface area contributed by atoms with E-state index in [0.717, 1.165) is 12.1 Å². The summed E-state index contributed by atoms with van der Waals surface area (Å²) in [6.07, 6.45) is -4.44. The summed E-state index contributed by atoms with van der Waals surface area (Å²) >= 11 is 0. The predicted molar refractivity (Wildman–Crippen MR) is 78.9 cm³/mol. The Morgan fingerprint density at radius 3 is 2.39 bits per heavy atom. The molecule has 0 spiro atoms. The number of halogens is 3. The average molecular weight is 331 g/mol. The summed E-state index contributed by atoms with van der Waals surface area (Å²) in [7, 11) is 0. The third-order valence-corrected chi connectivity index (χ3v) is 3.58. The van der Waals surface area contributed by atoms with Crippen LogP contribution in [-0.4, -0.2) is 23.5 Å². The van der Waals surface area contributed by atoms with Gasteiger partial charge < -0.3 is 10.4 Å². The van der Waals surface area contributed by atoms with Gasteiger partial charge in [0.05, 0.1) is 11.0 Å². The smallest absolute Gasteiger partial charge is 0.416 e. The van der Waals surface area contributed by atoms with Crippen molar-refractivity contribution in [3.8, 4) is 0 Å². The van der Waals surface area contributed by atoms with Gasteiger partial charge in [-0.05, 0) is 31.4 Å². The van der Waals surface area contributed by atoms with E-state index in [-0.39, 0.29) is 13.0 Å². The number of carbonyl (C=O) groups excluding carboxylic acids is 1. The van der Waals surface area contributed by atoms with Crippen molar-refractivity contribution >= 4 is 11.9 Å². The summed E-state index contributed by atoms with van der Waals surface area (Å²) in [5.74, 6) is -1.85. The molecule has 0 fully saturated rings. The average Bonchev–Trinajstić information content (AvgIpc) is 2.44. The predicted octanol–water partition coefficient (Wildman–Crippen LogP) is 3.43. The Morgan fingerprint density at radius 2 is 1.87 bits per heavy atom. The lowest BCUT2D eigenvalue weighted by Crippen LogP contribution is -2.39. The molecule has 0 aliphatic rings. The van der Waals surface area contributed by atoms with Crippen molar-refractivity contribution in [2.45, 2.75) is 39.3 Å². The Balaban J connectivity index is 2.68.